The second-order valence-electron chi connectivity index (χ2n) is 7.69. The van der Waals surface area contributed by atoms with Gasteiger partial charge in [0, 0.05) is 24.3 Å². The van der Waals surface area contributed by atoms with E-state index in [-0.39, 0.29) is 24.0 Å². The Morgan fingerprint density at radius 1 is 1.17 bits per heavy atom. The zero-order chi connectivity index (χ0) is 21.3. The van der Waals surface area contributed by atoms with Crippen LogP contribution in [0.25, 0.3) is 5.76 Å². The topological polar surface area (TPSA) is 76.1 Å². The molecule has 2 fully saturated rings. The molecule has 30 heavy (non-hydrogen) atoms. The van der Waals surface area contributed by atoms with Gasteiger partial charge >= 0.3 is 0 Å². The number of hydrogen-bond donors (Lipinski definition) is 1. The van der Waals surface area contributed by atoms with Crippen LogP contribution < -0.4 is 4.74 Å². The number of aliphatic hydroxyl groups excluding tert-OH is 1. The Balaban J connectivity index is 1.86. The average Bonchev–Trinajstić information content (AvgIpc) is 3.36. The lowest BCUT2D eigenvalue weighted by atomic mass is 9.94. The maximum atomic E-state index is 13.1. The van der Waals surface area contributed by atoms with Crippen LogP contribution in [0.1, 0.15) is 35.6 Å². The van der Waals surface area contributed by atoms with Crippen LogP contribution in [-0.4, -0.2) is 48.1 Å². The number of methoxy groups -OCH3 is 1. The number of carbonyl (C=O) groups is 2. The van der Waals surface area contributed by atoms with Crippen molar-refractivity contribution >= 4 is 17.4 Å². The predicted molar refractivity (Wildman–Crippen MR) is 112 cm³/mol. The first kappa shape index (κ1) is 20.2. The number of carbonyl (C=O) groups excluding carboxylic acids is 2. The van der Waals surface area contributed by atoms with Crippen molar-refractivity contribution in [3.63, 3.8) is 0 Å². The number of rotatable bonds is 5. The van der Waals surface area contributed by atoms with Gasteiger partial charge in [0.2, 0.25) is 0 Å². The van der Waals surface area contributed by atoms with Crippen molar-refractivity contribution in [2.24, 2.45) is 0 Å². The summed E-state index contributed by atoms with van der Waals surface area (Å²) in [6.45, 7) is 2.88. The summed E-state index contributed by atoms with van der Waals surface area (Å²) in [6, 6.07) is 13.7. The normalized spacial score (nSPS) is 23.2. The van der Waals surface area contributed by atoms with Crippen molar-refractivity contribution in [3.05, 3.63) is 70.8 Å². The van der Waals surface area contributed by atoms with Gasteiger partial charge in [-0.2, -0.15) is 0 Å². The minimum atomic E-state index is -0.744. The fraction of sp³-hybridized carbons (Fsp3) is 0.333. The zero-order valence-electron chi connectivity index (χ0n) is 17.1. The summed E-state index contributed by atoms with van der Waals surface area (Å²) in [5.41, 5.74) is 2.26. The van der Waals surface area contributed by atoms with E-state index in [1.54, 1.807) is 25.3 Å². The van der Waals surface area contributed by atoms with Gasteiger partial charge in [0.05, 0.1) is 24.8 Å². The Hall–Kier alpha value is -3.12. The monoisotopic (exact) mass is 407 g/mol. The van der Waals surface area contributed by atoms with Gasteiger partial charge in [-0.25, -0.2) is 0 Å². The smallest absolute Gasteiger partial charge is 0.295 e. The van der Waals surface area contributed by atoms with E-state index in [1.165, 1.54) is 4.90 Å². The third-order valence-corrected chi connectivity index (χ3v) is 5.72. The van der Waals surface area contributed by atoms with Crippen molar-refractivity contribution in [1.29, 1.82) is 0 Å². The molecule has 2 aromatic carbocycles. The molecule has 0 aromatic heterocycles. The molecule has 2 saturated heterocycles. The summed E-state index contributed by atoms with van der Waals surface area (Å²) in [5.74, 6) is -0.951. The number of para-hydroxylation sites is 1. The lowest BCUT2D eigenvalue weighted by Crippen LogP contribution is -2.36. The maximum Gasteiger partial charge on any atom is 0.295 e. The fourth-order valence-corrected chi connectivity index (χ4v) is 4.16. The van der Waals surface area contributed by atoms with E-state index in [0.29, 0.717) is 23.5 Å². The highest BCUT2D eigenvalue weighted by molar-refractivity contribution is 6.46. The van der Waals surface area contributed by atoms with Crippen molar-refractivity contribution in [3.8, 4) is 5.75 Å². The van der Waals surface area contributed by atoms with Crippen LogP contribution in [0.15, 0.2) is 54.1 Å². The molecule has 2 aliphatic rings. The van der Waals surface area contributed by atoms with Crippen molar-refractivity contribution in [2.75, 3.05) is 20.3 Å². The Morgan fingerprint density at radius 2 is 1.90 bits per heavy atom. The molecule has 1 amide bonds. The van der Waals surface area contributed by atoms with E-state index in [9.17, 15) is 14.7 Å². The van der Waals surface area contributed by atoms with Crippen molar-refractivity contribution in [2.45, 2.75) is 31.9 Å². The number of aryl methyl sites for hydroxylation is 1. The number of Topliss-reactive ketones (excluding diaryl/α,β-unsaturated/α-hetero) is 1. The van der Waals surface area contributed by atoms with Crippen LogP contribution in [0, 0.1) is 6.92 Å². The van der Waals surface area contributed by atoms with Gasteiger partial charge < -0.3 is 19.5 Å². The van der Waals surface area contributed by atoms with Gasteiger partial charge in [0.25, 0.3) is 11.7 Å². The molecule has 6 nitrogen and oxygen atoms in total. The van der Waals surface area contributed by atoms with Gasteiger partial charge in [-0.05, 0) is 25.8 Å². The standard InChI is InChI=1S/C24H25NO5/c1-15-9-11-16(12-10-15)22(26)20-21(18-7-3-4-8-19(18)29-2)25(24(28)23(20)27)14-17-6-5-13-30-17/h3-4,7-12,17,21,26H,5-6,13-14H2,1-2H3/t17-,21+/m1/s1. The van der Waals surface area contributed by atoms with Crippen LogP contribution in [0.4, 0.5) is 0 Å². The van der Waals surface area contributed by atoms with Crippen molar-refractivity contribution < 1.29 is 24.2 Å². The first-order chi connectivity index (χ1) is 14.5. The Labute approximate surface area is 175 Å². The maximum absolute atomic E-state index is 13.1. The predicted octanol–water partition coefficient (Wildman–Crippen LogP) is 3.60. The Bertz CT molecular complexity index is 989. The van der Waals surface area contributed by atoms with Crippen LogP contribution in [0.2, 0.25) is 0 Å². The number of ether oxygens (including phenoxy) is 2. The molecule has 2 heterocycles. The third kappa shape index (κ3) is 3.59. The molecule has 0 unspecified atom stereocenters. The SMILES string of the molecule is COc1ccccc1[C@H]1C(=C(O)c2ccc(C)cc2)C(=O)C(=O)N1C[C@H]1CCCO1. The summed E-state index contributed by atoms with van der Waals surface area (Å²) in [4.78, 5) is 27.6. The minimum Gasteiger partial charge on any atom is -0.507 e. The first-order valence-electron chi connectivity index (χ1n) is 10.1. The highest BCUT2D eigenvalue weighted by Crippen LogP contribution is 2.43. The average molecular weight is 407 g/mol. The lowest BCUT2D eigenvalue weighted by Gasteiger charge is -2.28. The van der Waals surface area contributed by atoms with Crippen LogP contribution >= 0.6 is 0 Å². The molecular weight excluding hydrogens is 382 g/mol. The summed E-state index contributed by atoms with van der Waals surface area (Å²) < 4.78 is 11.2. The van der Waals surface area contributed by atoms with E-state index in [2.05, 4.69) is 0 Å². The lowest BCUT2D eigenvalue weighted by molar-refractivity contribution is -0.140. The molecule has 2 atom stereocenters. The number of ketones is 1. The van der Waals surface area contributed by atoms with E-state index >= 15 is 0 Å². The van der Waals surface area contributed by atoms with Crippen LogP contribution in [0.5, 0.6) is 5.75 Å². The molecule has 0 radical (unpaired) electrons. The molecule has 156 valence electrons. The van der Waals surface area contributed by atoms with Crippen molar-refractivity contribution in [1.82, 2.24) is 4.90 Å². The van der Waals surface area contributed by atoms with Crippen LogP contribution in [0.3, 0.4) is 0 Å². The molecular formula is C24H25NO5. The van der Waals surface area contributed by atoms with E-state index in [0.717, 1.165) is 18.4 Å². The summed E-state index contributed by atoms with van der Waals surface area (Å²) >= 11 is 0. The number of amides is 1. The number of benzene rings is 2. The second kappa shape index (κ2) is 8.32. The highest BCUT2D eigenvalue weighted by atomic mass is 16.5. The number of hydrogen-bond acceptors (Lipinski definition) is 5. The van der Waals surface area contributed by atoms with E-state index in [1.807, 2.05) is 37.3 Å². The molecule has 6 heteroatoms. The largest absolute Gasteiger partial charge is 0.507 e. The number of aliphatic hydroxyl groups is 1. The number of nitrogens with zero attached hydrogens (tertiary/aromatic N) is 1. The van der Waals surface area contributed by atoms with Gasteiger partial charge in [-0.15, -0.1) is 0 Å². The fourth-order valence-electron chi connectivity index (χ4n) is 4.16. The molecule has 2 aliphatic heterocycles. The molecule has 0 aliphatic carbocycles. The van der Waals surface area contributed by atoms with Gasteiger partial charge in [0.1, 0.15) is 11.5 Å². The first-order valence-corrected chi connectivity index (χ1v) is 10.1. The minimum absolute atomic E-state index is 0.0753. The molecule has 1 N–H and O–H groups in total. The molecule has 2 aromatic rings. The Morgan fingerprint density at radius 3 is 2.57 bits per heavy atom. The third-order valence-electron chi connectivity index (χ3n) is 5.72. The number of likely N-dealkylation sites (tertiary alicyclic amines) is 1. The summed E-state index contributed by atoms with van der Waals surface area (Å²) in [7, 11) is 1.55. The van der Waals surface area contributed by atoms with E-state index in [4.69, 9.17) is 9.47 Å². The Kier molecular flexibility index (Phi) is 5.59. The van der Waals surface area contributed by atoms with Gasteiger partial charge in [0.15, 0.2) is 0 Å². The second-order valence-corrected chi connectivity index (χ2v) is 7.69. The van der Waals surface area contributed by atoms with E-state index < -0.39 is 17.7 Å². The molecule has 0 spiro atoms. The highest BCUT2D eigenvalue weighted by Gasteiger charge is 2.47. The quantitative estimate of drug-likeness (QED) is 0.466. The zero-order valence-corrected chi connectivity index (χ0v) is 17.1. The molecule has 4 rings (SSSR count). The van der Waals surface area contributed by atoms with Gasteiger partial charge in [-0.1, -0.05) is 48.0 Å². The summed E-state index contributed by atoms with van der Waals surface area (Å²) in [5, 5.41) is 11.1. The summed E-state index contributed by atoms with van der Waals surface area (Å²) in [6.07, 6.45) is 1.64. The van der Waals surface area contributed by atoms with Crippen LogP contribution in [-0.2, 0) is 14.3 Å². The molecule has 0 saturated carbocycles. The molecule has 0 bridgehead atoms. The van der Waals surface area contributed by atoms with Gasteiger partial charge in [-0.3, -0.25) is 9.59 Å².